The van der Waals surface area contributed by atoms with E-state index in [1.54, 1.807) is 6.07 Å². The second-order valence-corrected chi connectivity index (χ2v) is 5.41. The molecule has 1 aliphatic rings. The predicted molar refractivity (Wildman–Crippen MR) is 80.8 cm³/mol. The van der Waals surface area contributed by atoms with Gasteiger partial charge >= 0.3 is 0 Å². The maximum absolute atomic E-state index is 9.92. The monoisotopic (exact) mass is 262 g/mol. The molecule has 0 saturated carbocycles. The molecule has 0 heterocycles. The van der Waals surface area contributed by atoms with E-state index in [2.05, 4.69) is 26.8 Å². The molecule has 0 radical (unpaired) electrons. The summed E-state index contributed by atoms with van der Waals surface area (Å²) in [5.41, 5.74) is 3.33. The lowest BCUT2D eigenvalue weighted by molar-refractivity contribution is 0.440. The lowest BCUT2D eigenvalue weighted by atomic mass is 9.83. The molecular formula is C17H26O2. The van der Waals surface area contributed by atoms with Crippen molar-refractivity contribution in [3.63, 3.8) is 0 Å². The van der Waals surface area contributed by atoms with Gasteiger partial charge in [0, 0.05) is 17.5 Å². The molecular weight excluding hydrogens is 236 g/mol. The second kappa shape index (κ2) is 7.22. The molecule has 1 aromatic carbocycles. The predicted octanol–water partition coefficient (Wildman–Crippen LogP) is 5.04. The third-order valence-corrected chi connectivity index (χ3v) is 3.29. The summed E-state index contributed by atoms with van der Waals surface area (Å²) in [6.07, 6.45) is 6.90. The van der Waals surface area contributed by atoms with E-state index in [9.17, 15) is 10.2 Å². The van der Waals surface area contributed by atoms with E-state index >= 15 is 0 Å². The first-order chi connectivity index (χ1) is 8.99. The van der Waals surface area contributed by atoms with Crippen molar-refractivity contribution in [3.05, 3.63) is 34.9 Å². The van der Waals surface area contributed by atoms with Gasteiger partial charge in [0.2, 0.25) is 0 Å². The molecule has 1 unspecified atom stereocenters. The molecule has 0 aromatic heterocycles. The maximum Gasteiger partial charge on any atom is 0.123 e. The van der Waals surface area contributed by atoms with Gasteiger partial charge in [0.1, 0.15) is 11.5 Å². The first-order valence-electron chi connectivity index (χ1n) is 7.19. The number of phenols is 2. The van der Waals surface area contributed by atoms with Crippen LogP contribution < -0.4 is 0 Å². The lowest BCUT2D eigenvalue weighted by Crippen LogP contribution is -2.04. The zero-order chi connectivity index (χ0) is 14.4. The van der Waals surface area contributed by atoms with Crippen LogP contribution in [0.15, 0.2) is 23.8 Å². The fourth-order valence-corrected chi connectivity index (χ4v) is 2.58. The van der Waals surface area contributed by atoms with Gasteiger partial charge < -0.3 is 10.2 Å². The van der Waals surface area contributed by atoms with Gasteiger partial charge in [0.25, 0.3) is 0 Å². The average Bonchev–Trinajstić information content (AvgIpc) is 2.28. The van der Waals surface area contributed by atoms with Crippen LogP contribution in [-0.2, 0) is 0 Å². The molecule has 1 aromatic rings. The normalized spacial score (nSPS) is 18.3. The van der Waals surface area contributed by atoms with Gasteiger partial charge in [-0.15, -0.1) is 0 Å². The Balaban J connectivity index is 0.000000550. The number of aryl methyl sites for hydroxylation is 1. The van der Waals surface area contributed by atoms with Crippen LogP contribution in [-0.4, -0.2) is 10.2 Å². The first-order valence-corrected chi connectivity index (χ1v) is 7.19. The maximum atomic E-state index is 9.92. The molecule has 19 heavy (non-hydrogen) atoms. The molecule has 0 spiro atoms. The van der Waals surface area contributed by atoms with Gasteiger partial charge in [-0.1, -0.05) is 31.9 Å². The molecule has 0 saturated heterocycles. The topological polar surface area (TPSA) is 40.5 Å². The Kier molecular flexibility index (Phi) is 5.94. The summed E-state index contributed by atoms with van der Waals surface area (Å²) in [6, 6.07) is 3.15. The van der Waals surface area contributed by atoms with Gasteiger partial charge in [-0.2, -0.15) is 0 Å². The smallest absolute Gasteiger partial charge is 0.123 e. The summed E-state index contributed by atoms with van der Waals surface area (Å²) in [6.45, 7) is 8.32. The van der Waals surface area contributed by atoms with E-state index in [0.29, 0.717) is 5.92 Å². The Hall–Kier alpha value is -1.44. The van der Waals surface area contributed by atoms with Crippen molar-refractivity contribution < 1.29 is 10.2 Å². The standard InChI is InChI=1S/C14H18O2.C3H8/c1-9-4-3-5-11(6-9)14-10(2)7-12(15)8-13(14)16;1-3-2/h6-8,11,15-16H,3-5H2,1-2H3;3H2,1-2H3. The van der Waals surface area contributed by atoms with E-state index in [1.165, 1.54) is 24.5 Å². The Bertz CT molecular complexity index is 424. The summed E-state index contributed by atoms with van der Waals surface area (Å²) in [7, 11) is 0. The highest BCUT2D eigenvalue weighted by molar-refractivity contribution is 5.48. The fraction of sp³-hybridized carbons (Fsp3) is 0.529. The molecule has 2 N–H and O–H groups in total. The first kappa shape index (κ1) is 15.6. The van der Waals surface area contributed by atoms with Crippen molar-refractivity contribution in [1.82, 2.24) is 0 Å². The summed E-state index contributed by atoms with van der Waals surface area (Å²) < 4.78 is 0. The van der Waals surface area contributed by atoms with Crippen molar-refractivity contribution in [1.29, 1.82) is 0 Å². The molecule has 0 fully saturated rings. The average molecular weight is 262 g/mol. The Morgan fingerprint density at radius 1 is 1.16 bits per heavy atom. The lowest BCUT2D eigenvalue weighted by Gasteiger charge is -2.22. The number of rotatable bonds is 1. The van der Waals surface area contributed by atoms with Gasteiger partial charge in [-0.25, -0.2) is 0 Å². The zero-order valence-electron chi connectivity index (χ0n) is 12.5. The van der Waals surface area contributed by atoms with Crippen molar-refractivity contribution in [2.45, 2.75) is 59.3 Å². The third-order valence-electron chi connectivity index (χ3n) is 3.29. The Morgan fingerprint density at radius 3 is 2.32 bits per heavy atom. The van der Waals surface area contributed by atoms with E-state index in [0.717, 1.165) is 24.0 Å². The second-order valence-electron chi connectivity index (χ2n) is 5.41. The number of hydrogen-bond acceptors (Lipinski definition) is 2. The van der Waals surface area contributed by atoms with Crippen LogP contribution >= 0.6 is 0 Å². The van der Waals surface area contributed by atoms with Crippen LogP contribution in [0.1, 0.15) is 63.5 Å². The largest absolute Gasteiger partial charge is 0.508 e. The highest BCUT2D eigenvalue weighted by Gasteiger charge is 2.19. The van der Waals surface area contributed by atoms with Crippen LogP contribution in [0.4, 0.5) is 0 Å². The minimum atomic E-state index is 0.135. The molecule has 0 bridgehead atoms. The number of benzene rings is 1. The number of phenolic OH excluding ortho intramolecular Hbond substituents is 2. The molecule has 2 rings (SSSR count). The SMILES string of the molecule is CC1=CC(c2c(C)cc(O)cc2O)CCC1.CCC. The van der Waals surface area contributed by atoms with Crippen molar-refractivity contribution in [2.24, 2.45) is 0 Å². The number of allylic oxidation sites excluding steroid dienone is 2. The van der Waals surface area contributed by atoms with E-state index in [1.807, 2.05) is 6.92 Å². The Morgan fingerprint density at radius 2 is 1.79 bits per heavy atom. The third kappa shape index (κ3) is 4.30. The van der Waals surface area contributed by atoms with Gasteiger partial charge in [-0.05, 0) is 44.7 Å². The molecule has 1 aliphatic carbocycles. The van der Waals surface area contributed by atoms with E-state index in [4.69, 9.17) is 0 Å². The van der Waals surface area contributed by atoms with Crippen molar-refractivity contribution >= 4 is 0 Å². The molecule has 2 heteroatoms. The Labute approximate surface area is 116 Å². The van der Waals surface area contributed by atoms with Gasteiger partial charge in [0.05, 0.1) is 0 Å². The highest BCUT2D eigenvalue weighted by atomic mass is 16.3. The van der Waals surface area contributed by atoms with Crippen LogP contribution in [0.2, 0.25) is 0 Å². The summed E-state index contributed by atoms with van der Waals surface area (Å²) in [5, 5.41) is 19.3. The molecule has 2 nitrogen and oxygen atoms in total. The quantitative estimate of drug-likeness (QED) is 0.696. The zero-order valence-corrected chi connectivity index (χ0v) is 12.5. The summed E-state index contributed by atoms with van der Waals surface area (Å²) in [4.78, 5) is 0. The van der Waals surface area contributed by atoms with Crippen LogP contribution in [0, 0.1) is 6.92 Å². The van der Waals surface area contributed by atoms with Gasteiger partial charge in [0.15, 0.2) is 0 Å². The summed E-state index contributed by atoms with van der Waals surface area (Å²) >= 11 is 0. The van der Waals surface area contributed by atoms with Gasteiger partial charge in [-0.3, -0.25) is 0 Å². The molecule has 1 atom stereocenters. The highest BCUT2D eigenvalue weighted by Crippen LogP contribution is 2.39. The fourth-order valence-electron chi connectivity index (χ4n) is 2.58. The van der Waals surface area contributed by atoms with E-state index in [-0.39, 0.29) is 11.5 Å². The number of hydrogen-bond donors (Lipinski definition) is 2. The molecule has 0 amide bonds. The number of aromatic hydroxyl groups is 2. The van der Waals surface area contributed by atoms with Crippen LogP contribution in [0.3, 0.4) is 0 Å². The minimum absolute atomic E-state index is 0.135. The molecule has 0 aliphatic heterocycles. The van der Waals surface area contributed by atoms with Crippen LogP contribution in [0.25, 0.3) is 0 Å². The van der Waals surface area contributed by atoms with Crippen LogP contribution in [0.5, 0.6) is 11.5 Å². The van der Waals surface area contributed by atoms with Crippen molar-refractivity contribution in [3.8, 4) is 11.5 Å². The van der Waals surface area contributed by atoms with Crippen molar-refractivity contribution in [2.75, 3.05) is 0 Å². The molecule has 106 valence electrons. The summed E-state index contributed by atoms with van der Waals surface area (Å²) in [5.74, 6) is 0.651. The minimum Gasteiger partial charge on any atom is -0.508 e. The van der Waals surface area contributed by atoms with E-state index < -0.39 is 0 Å².